The molecule has 0 radical (unpaired) electrons. The number of rotatable bonds is 5. The lowest BCUT2D eigenvalue weighted by Crippen LogP contribution is -2.13. The van der Waals surface area contributed by atoms with Gasteiger partial charge in [0, 0.05) is 29.0 Å². The molecule has 1 N–H and O–H groups in total. The van der Waals surface area contributed by atoms with Crippen LogP contribution < -0.4 is 0 Å². The molecule has 2 aliphatic carbocycles. The molecule has 0 amide bonds. The third kappa shape index (κ3) is 4.36. The number of hydrogen-bond donors (Lipinski definition) is 1. The zero-order chi connectivity index (χ0) is 21.2. The van der Waals surface area contributed by atoms with Gasteiger partial charge in [0.15, 0.2) is 11.9 Å². The van der Waals surface area contributed by atoms with Gasteiger partial charge in [-0.1, -0.05) is 35.5 Å². The molecule has 3 aliphatic rings. The number of benzene rings is 1. The van der Waals surface area contributed by atoms with Crippen LogP contribution in [0.1, 0.15) is 48.0 Å². The van der Waals surface area contributed by atoms with Crippen LogP contribution in [-0.2, 0) is 4.84 Å². The van der Waals surface area contributed by atoms with Crippen LogP contribution in [0, 0.1) is 5.92 Å². The molecule has 1 aromatic heterocycles. The third-order valence-electron chi connectivity index (χ3n) is 5.89. The largest absolute Gasteiger partial charge is 0.506 e. The highest BCUT2D eigenvalue weighted by molar-refractivity contribution is 6.06. The van der Waals surface area contributed by atoms with Crippen molar-refractivity contribution in [1.29, 1.82) is 0 Å². The number of aromatic hydroxyl groups is 1. The Morgan fingerprint density at radius 2 is 1.94 bits per heavy atom. The number of pyridine rings is 1. The fourth-order valence-electron chi connectivity index (χ4n) is 3.99. The molecule has 1 aromatic carbocycles. The molecule has 1 fully saturated rings. The summed E-state index contributed by atoms with van der Waals surface area (Å²) in [6.07, 6.45) is 16.2. The maximum absolute atomic E-state index is 12.8. The summed E-state index contributed by atoms with van der Waals surface area (Å²) in [5.41, 5.74) is 5.20. The summed E-state index contributed by atoms with van der Waals surface area (Å²) in [6, 6.07) is 9.19. The number of carbonyl (C=O) groups is 1. The lowest BCUT2D eigenvalue weighted by atomic mass is 9.93. The van der Waals surface area contributed by atoms with Gasteiger partial charge in [-0.05, 0) is 61.6 Å². The van der Waals surface area contributed by atoms with Crippen molar-refractivity contribution in [3.8, 4) is 17.0 Å². The van der Waals surface area contributed by atoms with Gasteiger partial charge < -0.3 is 9.94 Å². The number of aromatic nitrogens is 1. The average Bonchev–Trinajstić information content (AvgIpc) is 3.50. The summed E-state index contributed by atoms with van der Waals surface area (Å²) in [5.74, 6) is 0.421. The molecular weight excluding hydrogens is 388 g/mol. The molecular formula is C26H24N2O3. The quantitative estimate of drug-likeness (QED) is 0.670. The number of ketones is 1. The lowest BCUT2D eigenvalue weighted by molar-refractivity contribution is 0.0967. The summed E-state index contributed by atoms with van der Waals surface area (Å²) in [7, 11) is 0. The fourth-order valence-corrected chi connectivity index (χ4v) is 3.99. The van der Waals surface area contributed by atoms with Crippen LogP contribution in [0.4, 0.5) is 0 Å². The number of hydrogen-bond acceptors (Lipinski definition) is 5. The summed E-state index contributed by atoms with van der Waals surface area (Å²) in [4.78, 5) is 23.0. The normalized spacial score (nSPS) is 24.2. The highest BCUT2D eigenvalue weighted by atomic mass is 16.6. The van der Waals surface area contributed by atoms with Crippen LogP contribution >= 0.6 is 0 Å². The molecule has 0 saturated heterocycles. The van der Waals surface area contributed by atoms with Gasteiger partial charge in [0.1, 0.15) is 5.75 Å². The molecule has 1 saturated carbocycles. The van der Waals surface area contributed by atoms with Crippen molar-refractivity contribution in [3.05, 3.63) is 83.6 Å². The molecule has 2 heterocycles. The first-order valence-electron chi connectivity index (χ1n) is 10.8. The number of carbonyl (C=O) groups excluding carboxylic acids is 1. The molecule has 1 atom stereocenters. The van der Waals surface area contributed by atoms with E-state index in [1.165, 1.54) is 11.8 Å². The van der Waals surface area contributed by atoms with E-state index in [0.717, 1.165) is 42.5 Å². The molecule has 0 unspecified atom stereocenters. The summed E-state index contributed by atoms with van der Waals surface area (Å²) < 4.78 is 0. The van der Waals surface area contributed by atoms with Gasteiger partial charge in [0.25, 0.3) is 0 Å². The Bertz CT molecular complexity index is 1120. The van der Waals surface area contributed by atoms with E-state index in [1.54, 1.807) is 12.1 Å². The maximum Gasteiger partial charge on any atom is 0.165 e. The van der Waals surface area contributed by atoms with Crippen LogP contribution in [0.15, 0.2) is 77.6 Å². The van der Waals surface area contributed by atoms with E-state index in [1.807, 2.05) is 30.4 Å². The predicted octanol–water partition coefficient (Wildman–Crippen LogP) is 5.37. The molecule has 5 heteroatoms. The van der Waals surface area contributed by atoms with Gasteiger partial charge in [-0.25, -0.2) is 0 Å². The second-order valence-corrected chi connectivity index (χ2v) is 8.27. The van der Waals surface area contributed by atoms with Crippen LogP contribution in [0.5, 0.6) is 5.75 Å². The van der Waals surface area contributed by atoms with Crippen molar-refractivity contribution in [2.45, 2.75) is 38.2 Å². The van der Waals surface area contributed by atoms with Gasteiger partial charge in [-0.15, -0.1) is 0 Å². The van der Waals surface area contributed by atoms with Gasteiger partial charge in [-0.3, -0.25) is 9.78 Å². The summed E-state index contributed by atoms with van der Waals surface area (Å²) in [5, 5.41) is 14.0. The Kier molecular flexibility index (Phi) is 5.24. The maximum atomic E-state index is 12.8. The van der Waals surface area contributed by atoms with Gasteiger partial charge >= 0.3 is 0 Å². The van der Waals surface area contributed by atoms with E-state index in [0.29, 0.717) is 17.7 Å². The van der Waals surface area contributed by atoms with Gasteiger partial charge in [-0.2, -0.15) is 0 Å². The number of Topliss-reactive ketones (excluding diaryl/α,β-unsaturated/α-hetero) is 1. The third-order valence-corrected chi connectivity index (χ3v) is 5.89. The summed E-state index contributed by atoms with van der Waals surface area (Å²) >= 11 is 0. The Morgan fingerprint density at radius 3 is 2.74 bits per heavy atom. The molecule has 1 aliphatic heterocycles. The smallest absolute Gasteiger partial charge is 0.165 e. The highest BCUT2D eigenvalue weighted by Crippen LogP contribution is 2.35. The number of nitrogens with zero attached hydrogens (tertiary/aromatic N) is 2. The van der Waals surface area contributed by atoms with Crippen LogP contribution in [0.2, 0.25) is 0 Å². The van der Waals surface area contributed by atoms with Crippen LogP contribution in [0.25, 0.3) is 11.3 Å². The van der Waals surface area contributed by atoms with E-state index < -0.39 is 0 Å². The molecule has 0 bridgehead atoms. The van der Waals surface area contributed by atoms with Crippen molar-refractivity contribution >= 4 is 11.5 Å². The van der Waals surface area contributed by atoms with Crippen molar-refractivity contribution < 1.29 is 14.7 Å². The minimum Gasteiger partial charge on any atom is -0.506 e. The zero-order valence-electron chi connectivity index (χ0n) is 17.2. The molecule has 5 rings (SSSR count). The van der Waals surface area contributed by atoms with Crippen LogP contribution in [-0.4, -0.2) is 27.7 Å². The Hall–Kier alpha value is -3.47. The minimum atomic E-state index is -0.0795. The summed E-state index contributed by atoms with van der Waals surface area (Å²) in [6.45, 7) is 0. The molecule has 156 valence electrons. The van der Waals surface area contributed by atoms with Crippen molar-refractivity contribution in [3.63, 3.8) is 0 Å². The average molecular weight is 412 g/mol. The second-order valence-electron chi connectivity index (χ2n) is 8.27. The van der Waals surface area contributed by atoms with Crippen LogP contribution in [0.3, 0.4) is 0 Å². The Labute approximate surface area is 181 Å². The fraction of sp³-hybridized carbons (Fsp3) is 0.269. The standard InChI is InChI=1S/C26H24N2O3/c29-22-10-11-23(27-16-22)19-12-20(14-21(13-19)26(30)18-8-9-18)24-15-25(31-28-24)17-6-4-2-1-3-5-7-17/h1-4,6,10-14,16,18,25,29H,5,7-9,15H2/b3-1+,4-2-,17-6+/t25-/m0/s1. The van der Waals surface area contributed by atoms with Crippen molar-refractivity contribution in [2.75, 3.05) is 0 Å². The van der Waals surface area contributed by atoms with E-state index >= 15 is 0 Å². The number of allylic oxidation sites excluding steroid dienone is 5. The van der Waals surface area contributed by atoms with Crippen molar-refractivity contribution in [1.82, 2.24) is 4.98 Å². The lowest BCUT2D eigenvalue weighted by Gasteiger charge is -2.13. The van der Waals surface area contributed by atoms with Gasteiger partial charge in [0.2, 0.25) is 0 Å². The SMILES string of the molecule is O=C(c1cc(C2=NO[C@H](/C3=C/C=C\C=C\CC3)C2)cc(-c2ccc(O)cn2)c1)C1CC1. The Balaban J connectivity index is 1.45. The van der Waals surface area contributed by atoms with E-state index in [9.17, 15) is 9.90 Å². The Morgan fingerprint density at radius 1 is 1.06 bits per heavy atom. The van der Waals surface area contributed by atoms with E-state index in [2.05, 4.69) is 28.4 Å². The molecule has 5 nitrogen and oxygen atoms in total. The zero-order valence-corrected chi connectivity index (χ0v) is 17.2. The molecule has 0 spiro atoms. The minimum absolute atomic E-state index is 0.0795. The monoisotopic (exact) mass is 412 g/mol. The van der Waals surface area contributed by atoms with E-state index in [-0.39, 0.29) is 23.6 Å². The van der Waals surface area contributed by atoms with Gasteiger partial charge in [0.05, 0.1) is 17.6 Å². The molecule has 31 heavy (non-hydrogen) atoms. The first-order valence-corrected chi connectivity index (χ1v) is 10.8. The van der Waals surface area contributed by atoms with E-state index in [4.69, 9.17) is 4.84 Å². The van der Waals surface area contributed by atoms with Crippen molar-refractivity contribution in [2.24, 2.45) is 11.1 Å². The first-order chi connectivity index (χ1) is 15.2. The number of oxime groups is 1. The topological polar surface area (TPSA) is 71.8 Å². The highest BCUT2D eigenvalue weighted by Gasteiger charge is 2.32. The second kappa shape index (κ2) is 8.34. The first kappa shape index (κ1) is 19.5. The molecule has 2 aromatic rings. The predicted molar refractivity (Wildman–Crippen MR) is 120 cm³/mol.